The highest BCUT2D eigenvalue weighted by Gasteiger charge is 2.14. The average molecular weight is 241 g/mol. The number of rotatable bonds is 3. The molecule has 0 amide bonds. The summed E-state index contributed by atoms with van der Waals surface area (Å²) in [5, 5.41) is 16.8. The predicted octanol–water partition coefficient (Wildman–Crippen LogP) is 1.54. The average Bonchev–Trinajstić information content (AvgIpc) is 2.76. The summed E-state index contributed by atoms with van der Waals surface area (Å²) in [6.07, 6.45) is 0. The largest absolute Gasteiger partial charge is 0.325 e. The van der Waals surface area contributed by atoms with E-state index in [2.05, 4.69) is 42.4 Å². The summed E-state index contributed by atoms with van der Waals surface area (Å²) in [6.45, 7) is 4.61. The molecule has 0 saturated heterocycles. The zero-order valence-corrected chi connectivity index (χ0v) is 10.5. The van der Waals surface area contributed by atoms with Gasteiger partial charge in [-0.15, -0.1) is 5.10 Å². The van der Waals surface area contributed by atoms with Gasteiger partial charge in [-0.1, -0.05) is 17.3 Å². The van der Waals surface area contributed by atoms with Gasteiger partial charge < -0.3 is 5.73 Å². The van der Waals surface area contributed by atoms with Crippen molar-refractivity contribution in [1.29, 1.82) is 5.26 Å². The van der Waals surface area contributed by atoms with Crippen molar-refractivity contribution in [3.8, 4) is 17.3 Å². The van der Waals surface area contributed by atoms with Crippen LogP contribution in [0.15, 0.2) is 18.2 Å². The third-order valence-corrected chi connectivity index (χ3v) is 3.00. The smallest absolute Gasteiger partial charge is 0.130 e. The van der Waals surface area contributed by atoms with Gasteiger partial charge in [0.15, 0.2) is 0 Å². The van der Waals surface area contributed by atoms with Crippen LogP contribution in [0.25, 0.3) is 11.3 Å². The fourth-order valence-corrected chi connectivity index (χ4v) is 1.87. The van der Waals surface area contributed by atoms with Crippen LogP contribution in [-0.2, 0) is 13.1 Å². The Balaban J connectivity index is 2.57. The molecule has 0 atom stereocenters. The van der Waals surface area contributed by atoms with Crippen molar-refractivity contribution in [3.63, 3.8) is 0 Å². The highest BCUT2D eigenvalue weighted by molar-refractivity contribution is 5.63. The maximum atomic E-state index is 8.80. The molecule has 0 aliphatic carbocycles. The second kappa shape index (κ2) is 4.98. The van der Waals surface area contributed by atoms with Gasteiger partial charge in [0, 0.05) is 12.1 Å². The lowest BCUT2D eigenvalue weighted by molar-refractivity contribution is 0.673. The summed E-state index contributed by atoms with van der Waals surface area (Å²) in [5.41, 5.74) is 10.6. The number of hydrogen-bond donors (Lipinski definition) is 1. The second-order valence-corrected chi connectivity index (χ2v) is 4.20. The SMILES string of the molecule is Cc1ccc(-c2c(CN)nnn2CC#N)cc1C. The molecule has 0 aliphatic rings. The van der Waals surface area contributed by atoms with E-state index in [-0.39, 0.29) is 6.54 Å². The number of nitrogens with zero attached hydrogens (tertiary/aromatic N) is 4. The molecular formula is C13H15N5. The van der Waals surface area contributed by atoms with Gasteiger partial charge in [-0.05, 0) is 31.0 Å². The summed E-state index contributed by atoms with van der Waals surface area (Å²) in [6, 6.07) is 8.21. The van der Waals surface area contributed by atoms with Crippen LogP contribution >= 0.6 is 0 Å². The minimum atomic E-state index is 0.176. The van der Waals surface area contributed by atoms with E-state index in [4.69, 9.17) is 11.0 Å². The van der Waals surface area contributed by atoms with Crippen LogP contribution < -0.4 is 5.73 Å². The van der Waals surface area contributed by atoms with Gasteiger partial charge in [0.25, 0.3) is 0 Å². The molecule has 2 rings (SSSR count). The third-order valence-electron chi connectivity index (χ3n) is 3.00. The van der Waals surface area contributed by atoms with Crippen molar-refractivity contribution in [1.82, 2.24) is 15.0 Å². The van der Waals surface area contributed by atoms with Crippen LogP contribution in [0.2, 0.25) is 0 Å². The van der Waals surface area contributed by atoms with E-state index in [0.29, 0.717) is 12.2 Å². The van der Waals surface area contributed by atoms with Crippen molar-refractivity contribution in [2.45, 2.75) is 26.9 Å². The number of benzene rings is 1. The Hall–Kier alpha value is -2.19. The molecule has 1 heterocycles. The van der Waals surface area contributed by atoms with Crippen LogP contribution in [0.1, 0.15) is 16.8 Å². The van der Waals surface area contributed by atoms with Crippen molar-refractivity contribution in [3.05, 3.63) is 35.0 Å². The topological polar surface area (TPSA) is 80.5 Å². The highest BCUT2D eigenvalue weighted by Crippen LogP contribution is 2.24. The van der Waals surface area contributed by atoms with E-state index >= 15 is 0 Å². The highest BCUT2D eigenvalue weighted by atomic mass is 15.4. The van der Waals surface area contributed by atoms with E-state index in [9.17, 15) is 0 Å². The van der Waals surface area contributed by atoms with Gasteiger partial charge >= 0.3 is 0 Å². The summed E-state index contributed by atoms with van der Waals surface area (Å²) < 4.78 is 1.59. The molecular weight excluding hydrogens is 226 g/mol. The number of nitrogens with two attached hydrogens (primary N) is 1. The Morgan fingerprint density at radius 3 is 2.72 bits per heavy atom. The Kier molecular flexibility index (Phi) is 3.40. The summed E-state index contributed by atoms with van der Waals surface area (Å²) >= 11 is 0. The van der Waals surface area contributed by atoms with E-state index in [0.717, 1.165) is 11.3 Å². The minimum Gasteiger partial charge on any atom is -0.325 e. The Bertz CT molecular complexity index is 606. The molecule has 0 bridgehead atoms. The molecule has 92 valence electrons. The van der Waals surface area contributed by atoms with Gasteiger partial charge in [0.2, 0.25) is 0 Å². The first-order valence-electron chi connectivity index (χ1n) is 5.74. The second-order valence-electron chi connectivity index (χ2n) is 4.20. The Morgan fingerprint density at radius 2 is 2.11 bits per heavy atom. The fraction of sp³-hybridized carbons (Fsp3) is 0.308. The lowest BCUT2D eigenvalue weighted by atomic mass is 10.0. The van der Waals surface area contributed by atoms with Crippen LogP contribution in [0.4, 0.5) is 0 Å². The molecule has 0 spiro atoms. The Labute approximate surface area is 106 Å². The molecule has 0 unspecified atom stereocenters. The quantitative estimate of drug-likeness (QED) is 0.883. The predicted molar refractivity (Wildman–Crippen MR) is 68.4 cm³/mol. The molecule has 1 aromatic heterocycles. The molecule has 0 fully saturated rings. The summed E-state index contributed by atoms with van der Waals surface area (Å²) in [4.78, 5) is 0. The number of hydrogen-bond acceptors (Lipinski definition) is 4. The monoisotopic (exact) mass is 241 g/mol. The molecule has 5 nitrogen and oxygen atoms in total. The molecule has 1 aromatic carbocycles. The van der Waals surface area contributed by atoms with Gasteiger partial charge in [-0.3, -0.25) is 0 Å². The Morgan fingerprint density at radius 1 is 1.33 bits per heavy atom. The van der Waals surface area contributed by atoms with Crippen LogP contribution in [-0.4, -0.2) is 15.0 Å². The zero-order valence-electron chi connectivity index (χ0n) is 10.5. The lowest BCUT2D eigenvalue weighted by Crippen LogP contribution is -2.03. The molecule has 2 N–H and O–H groups in total. The third kappa shape index (κ3) is 2.11. The molecule has 0 aliphatic heterocycles. The molecule has 5 heteroatoms. The molecule has 18 heavy (non-hydrogen) atoms. The first-order valence-corrected chi connectivity index (χ1v) is 5.74. The normalized spacial score (nSPS) is 10.3. The number of nitriles is 1. The van der Waals surface area contributed by atoms with Crippen molar-refractivity contribution < 1.29 is 0 Å². The van der Waals surface area contributed by atoms with E-state index in [1.807, 2.05) is 6.07 Å². The van der Waals surface area contributed by atoms with Crippen molar-refractivity contribution >= 4 is 0 Å². The molecule has 0 radical (unpaired) electrons. The number of aromatic nitrogens is 3. The van der Waals surface area contributed by atoms with E-state index < -0.39 is 0 Å². The molecule has 2 aromatic rings. The van der Waals surface area contributed by atoms with Crippen molar-refractivity contribution in [2.24, 2.45) is 5.73 Å². The summed E-state index contributed by atoms with van der Waals surface area (Å²) in [7, 11) is 0. The number of aryl methyl sites for hydroxylation is 2. The van der Waals surface area contributed by atoms with Crippen LogP contribution in [0.5, 0.6) is 0 Å². The van der Waals surface area contributed by atoms with Gasteiger partial charge in [-0.25, -0.2) is 4.68 Å². The lowest BCUT2D eigenvalue weighted by Gasteiger charge is -2.07. The maximum Gasteiger partial charge on any atom is 0.130 e. The van der Waals surface area contributed by atoms with E-state index in [1.54, 1.807) is 4.68 Å². The first-order chi connectivity index (χ1) is 8.67. The van der Waals surface area contributed by atoms with E-state index in [1.165, 1.54) is 11.1 Å². The van der Waals surface area contributed by atoms with Crippen molar-refractivity contribution in [2.75, 3.05) is 0 Å². The van der Waals surface area contributed by atoms with Gasteiger partial charge in [0.05, 0.1) is 11.8 Å². The minimum absolute atomic E-state index is 0.176. The maximum absolute atomic E-state index is 8.80. The zero-order chi connectivity index (χ0) is 13.1. The molecule has 0 saturated carbocycles. The van der Waals surface area contributed by atoms with Crippen LogP contribution in [0.3, 0.4) is 0 Å². The van der Waals surface area contributed by atoms with Crippen LogP contribution in [0, 0.1) is 25.2 Å². The van der Waals surface area contributed by atoms with Gasteiger partial charge in [-0.2, -0.15) is 5.26 Å². The standard InChI is InChI=1S/C13H15N5/c1-9-3-4-11(7-10(9)2)13-12(8-15)16-17-18(13)6-5-14/h3-4,7H,6,8,15H2,1-2H3. The fourth-order valence-electron chi connectivity index (χ4n) is 1.87. The van der Waals surface area contributed by atoms with Gasteiger partial charge in [0.1, 0.15) is 12.2 Å². The summed E-state index contributed by atoms with van der Waals surface area (Å²) in [5.74, 6) is 0. The first kappa shape index (κ1) is 12.3.